The molecule has 5 heteroatoms. The molecule has 4 aromatic rings. The van der Waals surface area contributed by atoms with Gasteiger partial charge in [-0.25, -0.2) is 4.57 Å². The molecular weight excluding hydrogens is 527 g/mol. The lowest BCUT2D eigenvalue weighted by Gasteiger charge is -2.18. The summed E-state index contributed by atoms with van der Waals surface area (Å²) in [5, 5.41) is 4.26. The first-order valence-electron chi connectivity index (χ1n) is 15.8. The fraction of sp³-hybridized carbons (Fsp3) is 0.444. The summed E-state index contributed by atoms with van der Waals surface area (Å²) in [5.74, 6) is 1.01. The fourth-order valence-electron chi connectivity index (χ4n) is 6.29. The maximum absolute atomic E-state index is 13.6. The second-order valence-electron chi connectivity index (χ2n) is 11.6. The Morgan fingerprint density at radius 2 is 0.976 bits per heavy atom. The molecule has 0 saturated carbocycles. The molecule has 4 aromatic carbocycles. The van der Waals surface area contributed by atoms with Crippen LogP contribution < -0.4 is 9.05 Å². The van der Waals surface area contributed by atoms with E-state index in [1.54, 1.807) is 0 Å². The van der Waals surface area contributed by atoms with E-state index in [2.05, 4.69) is 62.4 Å². The van der Waals surface area contributed by atoms with Crippen molar-refractivity contribution in [3.05, 3.63) is 71.8 Å². The summed E-state index contributed by atoms with van der Waals surface area (Å²) in [6.07, 6.45) is 15.8. The minimum Gasteiger partial charge on any atom is -0.394 e. The minimum atomic E-state index is -4.41. The quantitative estimate of drug-likeness (QED) is 0.121. The molecule has 5 rings (SSSR count). The van der Waals surface area contributed by atoms with E-state index >= 15 is 0 Å². The molecule has 0 amide bonds. The van der Waals surface area contributed by atoms with Gasteiger partial charge < -0.3 is 9.05 Å². The van der Waals surface area contributed by atoms with Crippen molar-refractivity contribution in [3.8, 4) is 22.6 Å². The molecule has 41 heavy (non-hydrogen) atoms. The van der Waals surface area contributed by atoms with Crippen molar-refractivity contribution in [3.63, 3.8) is 0 Å². The molecule has 0 fully saturated rings. The highest BCUT2D eigenvalue weighted by atomic mass is 31.2. The zero-order valence-corrected chi connectivity index (χ0v) is 25.7. The van der Waals surface area contributed by atoms with E-state index < -0.39 is 7.82 Å². The predicted octanol–water partition coefficient (Wildman–Crippen LogP) is 11.3. The highest BCUT2D eigenvalue weighted by Gasteiger charge is 2.36. The topological polar surface area (TPSA) is 55.8 Å². The second-order valence-corrected chi connectivity index (χ2v) is 12.9. The third-order valence-electron chi connectivity index (χ3n) is 8.42. The molecule has 0 atom stereocenters. The van der Waals surface area contributed by atoms with Crippen LogP contribution in [-0.4, -0.2) is 4.89 Å². The number of aryl methyl sites for hydroxylation is 2. The molecule has 1 heterocycles. The van der Waals surface area contributed by atoms with Gasteiger partial charge in [0.25, 0.3) is 0 Å². The largest absolute Gasteiger partial charge is 0.584 e. The predicted molar refractivity (Wildman–Crippen MR) is 172 cm³/mol. The number of phosphoric ester groups is 1. The average molecular weight is 573 g/mol. The molecule has 0 bridgehead atoms. The molecule has 1 aliphatic rings. The Morgan fingerprint density at radius 1 is 0.585 bits per heavy atom. The van der Waals surface area contributed by atoms with Crippen LogP contribution in [0.3, 0.4) is 0 Å². The third-order valence-corrected chi connectivity index (χ3v) is 9.25. The Morgan fingerprint density at radius 3 is 1.41 bits per heavy atom. The summed E-state index contributed by atoms with van der Waals surface area (Å²) in [6.45, 7) is 4.47. The number of hydrogen-bond donors (Lipinski definition) is 1. The molecule has 4 nitrogen and oxygen atoms in total. The van der Waals surface area contributed by atoms with Crippen LogP contribution in [0.25, 0.3) is 32.7 Å². The van der Waals surface area contributed by atoms with Gasteiger partial charge in [0, 0.05) is 11.1 Å². The van der Waals surface area contributed by atoms with E-state index in [1.165, 1.54) is 51.4 Å². The molecule has 0 saturated heterocycles. The number of unbranched alkanes of at least 4 members (excludes halogenated alkanes) is 10. The van der Waals surface area contributed by atoms with Crippen LogP contribution in [0, 0.1) is 0 Å². The van der Waals surface area contributed by atoms with Crippen LogP contribution in [0.1, 0.15) is 102 Å². The number of phosphoric acid groups is 1. The van der Waals surface area contributed by atoms with Crippen molar-refractivity contribution in [2.24, 2.45) is 0 Å². The third kappa shape index (κ3) is 6.99. The summed E-state index contributed by atoms with van der Waals surface area (Å²) in [6, 6.07) is 20.9. The molecule has 0 radical (unpaired) electrons. The highest BCUT2D eigenvalue weighted by Crippen LogP contribution is 2.59. The van der Waals surface area contributed by atoms with Crippen molar-refractivity contribution in [2.45, 2.75) is 104 Å². The van der Waals surface area contributed by atoms with E-state index in [4.69, 9.17) is 9.05 Å². The lowest BCUT2D eigenvalue weighted by Crippen LogP contribution is -2.02. The molecule has 218 valence electrons. The molecule has 1 aliphatic heterocycles. The van der Waals surface area contributed by atoms with Crippen LogP contribution in [0.5, 0.6) is 11.5 Å². The van der Waals surface area contributed by atoms with Crippen LogP contribution >= 0.6 is 7.82 Å². The monoisotopic (exact) mass is 572 g/mol. The molecule has 0 aliphatic carbocycles. The minimum absolute atomic E-state index is 0.503. The lowest BCUT2D eigenvalue weighted by molar-refractivity contribution is 0.292. The van der Waals surface area contributed by atoms with Gasteiger partial charge in [-0.1, -0.05) is 127 Å². The Kier molecular flexibility index (Phi) is 10.1. The average Bonchev–Trinajstić information content (AvgIpc) is 3.10. The molecule has 0 unspecified atom stereocenters. The molecule has 0 spiro atoms. The van der Waals surface area contributed by atoms with Gasteiger partial charge >= 0.3 is 7.82 Å². The Balaban J connectivity index is 1.63. The van der Waals surface area contributed by atoms with E-state index in [-0.39, 0.29) is 0 Å². The van der Waals surface area contributed by atoms with Crippen molar-refractivity contribution >= 4 is 29.4 Å². The number of rotatable bonds is 14. The fourth-order valence-corrected chi connectivity index (χ4v) is 7.21. The molecule has 1 N–H and O–H groups in total. The summed E-state index contributed by atoms with van der Waals surface area (Å²) in [7, 11) is -4.41. The van der Waals surface area contributed by atoms with Gasteiger partial charge in [0.05, 0.1) is 0 Å². The Bertz CT molecular complexity index is 1410. The summed E-state index contributed by atoms with van der Waals surface area (Å²) in [4.78, 5) is 11.1. The van der Waals surface area contributed by atoms with Gasteiger partial charge in [-0.05, 0) is 70.5 Å². The smallest absolute Gasteiger partial charge is 0.394 e. The number of hydrogen-bond acceptors (Lipinski definition) is 3. The van der Waals surface area contributed by atoms with Gasteiger partial charge in [0.2, 0.25) is 0 Å². The van der Waals surface area contributed by atoms with Crippen LogP contribution in [-0.2, 0) is 17.4 Å². The number of fused-ring (bicyclic) bond motifs is 7. The number of benzene rings is 4. The molecule has 0 aromatic heterocycles. The first kappa shape index (κ1) is 29.7. The van der Waals surface area contributed by atoms with Crippen molar-refractivity contribution in [1.82, 2.24) is 0 Å². The zero-order valence-electron chi connectivity index (χ0n) is 24.8. The lowest BCUT2D eigenvalue weighted by atomic mass is 9.87. The summed E-state index contributed by atoms with van der Waals surface area (Å²) >= 11 is 0. The normalized spacial score (nSPS) is 13.8. The maximum Gasteiger partial charge on any atom is 0.584 e. The van der Waals surface area contributed by atoms with Gasteiger partial charge in [0.15, 0.2) is 0 Å². The Hall–Kier alpha value is -2.81. The second kappa shape index (κ2) is 13.9. The first-order valence-corrected chi connectivity index (χ1v) is 17.3. The zero-order chi connectivity index (χ0) is 28.7. The van der Waals surface area contributed by atoms with E-state index in [0.29, 0.717) is 11.5 Å². The molecular formula is C36H45O4P. The van der Waals surface area contributed by atoms with Crippen LogP contribution in [0.4, 0.5) is 0 Å². The van der Waals surface area contributed by atoms with Crippen molar-refractivity contribution in [2.75, 3.05) is 0 Å². The summed E-state index contributed by atoms with van der Waals surface area (Å²) in [5.41, 5.74) is 3.72. The first-order chi connectivity index (χ1) is 20.0. The SMILES string of the molecule is CCCCCCCCc1cc2ccccc2c2c1OP(=O)(O)Oc1c(CCCCCCCC)cc3ccccc3c1-2. The Labute approximate surface area is 245 Å². The van der Waals surface area contributed by atoms with Gasteiger partial charge in [-0.2, -0.15) is 0 Å². The van der Waals surface area contributed by atoms with Crippen molar-refractivity contribution < 1.29 is 18.5 Å². The van der Waals surface area contributed by atoms with Crippen LogP contribution in [0.2, 0.25) is 0 Å². The van der Waals surface area contributed by atoms with Gasteiger partial charge in [-0.15, -0.1) is 0 Å². The van der Waals surface area contributed by atoms with E-state index in [9.17, 15) is 9.46 Å². The van der Waals surface area contributed by atoms with Crippen molar-refractivity contribution in [1.29, 1.82) is 0 Å². The van der Waals surface area contributed by atoms with E-state index in [1.807, 2.05) is 12.1 Å². The maximum atomic E-state index is 13.6. The van der Waals surface area contributed by atoms with Crippen LogP contribution in [0.15, 0.2) is 60.7 Å². The van der Waals surface area contributed by atoms with E-state index in [0.717, 1.165) is 82.3 Å². The standard InChI is InChI=1S/C36H45O4P/c1-3-5-7-9-11-13-21-29-25-27-19-15-17-23-31(27)33-34-32-24-18-16-20-28(32)26-30(22-14-12-10-8-6-4-2)36(34)40-41(37,38)39-35(29)33/h15-20,23-26H,3-14,21-22H2,1-2H3,(H,37,38). The van der Waals surface area contributed by atoms with Gasteiger partial charge in [-0.3, -0.25) is 4.89 Å². The van der Waals surface area contributed by atoms with Gasteiger partial charge in [0.1, 0.15) is 11.5 Å². The highest BCUT2D eigenvalue weighted by molar-refractivity contribution is 7.48. The summed E-state index contributed by atoms with van der Waals surface area (Å²) < 4.78 is 25.6.